The van der Waals surface area contributed by atoms with Gasteiger partial charge in [0.2, 0.25) is 0 Å². The average molecular weight is 343 g/mol. The van der Waals surface area contributed by atoms with Crippen molar-refractivity contribution in [3.05, 3.63) is 23.7 Å². The summed E-state index contributed by atoms with van der Waals surface area (Å²) in [6, 6.07) is 0. The maximum atomic E-state index is 9.78. The Kier molecular flexibility index (Phi) is 7.59. The standard InChI is InChI=1S/C10H16O2.C10H22O2/c1-10(2,3)12-9-6-4-8(11)5-7-9;1-8(2,3)12-10(6,7)9(4,5)11/h4,6,11H,5,7H2,1-3H3;11H,1-7H3. The van der Waals surface area contributed by atoms with E-state index in [0.717, 1.165) is 12.2 Å². The number of rotatable bonds is 3. The lowest BCUT2D eigenvalue weighted by atomic mass is 9.88. The Hall–Kier alpha value is -1.00. The molecule has 0 heterocycles. The molecule has 0 aromatic carbocycles. The van der Waals surface area contributed by atoms with Gasteiger partial charge in [-0.05, 0) is 81.4 Å². The van der Waals surface area contributed by atoms with E-state index in [1.807, 2.05) is 61.5 Å². The normalized spacial score (nSPS) is 16.6. The molecule has 0 spiro atoms. The number of hydrogen-bond acceptors (Lipinski definition) is 4. The van der Waals surface area contributed by atoms with Gasteiger partial charge in [-0.25, -0.2) is 0 Å². The maximum absolute atomic E-state index is 9.78. The fourth-order valence-corrected chi connectivity index (χ4v) is 1.98. The smallest absolute Gasteiger partial charge is 0.100 e. The highest BCUT2D eigenvalue weighted by Gasteiger charge is 2.39. The molecule has 0 bridgehead atoms. The van der Waals surface area contributed by atoms with Crippen LogP contribution in [-0.2, 0) is 9.47 Å². The van der Waals surface area contributed by atoms with Crippen molar-refractivity contribution in [2.75, 3.05) is 0 Å². The quantitative estimate of drug-likeness (QED) is 0.733. The van der Waals surface area contributed by atoms with Gasteiger partial charge in [-0.15, -0.1) is 0 Å². The minimum atomic E-state index is -0.819. The van der Waals surface area contributed by atoms with E-state index in [1.54, 1.807) is 19.9 Å². The summed E-state index contributed by atoms with van der Waals surface area (Å²) < 4.78 is 11.4. The molecule has 4 nitrogen and oxygen atoms in total. The highest BCUT2D eigenvalue weighted by atomic mass is 16.5. The van der Waals surface area contributed by atoms with Gasteiger partial charge in [-0.2, -0.15) is 0 Å². The monoisotopic (exact) mass is 342 g/mol. The van der Waals surface area contributed by atoms with Gasteiger partial charge in [-0.3, -0.25) is 0 Å². The van der Waals surface area contributed by atoms with Crippen LogP contribution in [0.15, 0.2) is 23.7 Å². The van der Waals surface area contributed by atoms with Crippen molar-refractivity contribution in [3.63, 3.8) is 0 Å². The molecular weight excluding hydrogens is 304 g/mol. The van der Waals surface area contributed by atoms with Crippen LogP contribution in [-0.4, -0.2) is 32.6 Å². The lowest BCUT2D eigenvalue weighted by Crippen LogP contribution is -2.50. The van der Waals surface area contributed by atoms with Crippen molar-refractivity contribution >= 4 is 0 Å². The molecule has 0 aliphatic heterocycles. The molecule has 0 aromatic heterocycles. The molecule has 1 aliphatic rings. The predicted molar refractivity (Wildman–Crippen MR) is 100 cm³/mol. The average Bonchev–Trinajstić information content (AvgIpc) is 2.26. The molecule has 0 unspecified atom stereocenters. The first-order chi connectivity index (χ1) is 10.4. The van der Waals surface area contributed by atoms with Crippen molar-refractivity contribution in [1.82, 2.24) is 0 Å². The zero-order valence-electron chi connectivity index (χ0n) is 17.3. The van der Waals surface area contributed by atoms with Crippen LogP contribution in [0.25, 0.3) is 0 Å². The minimum Gasteiger partial charge on any atom is -0.512 e. The van der Waals surface area contributed by atoms with Crippen molar-refractivity contribution in [2.45, 2.75) is 104 Å². The van der Waals surface area contributed by atoms with Crippen LogP contribution in [0.3, 0.4) is 0 Å². The lowest BCUT2D eigenvalue weighted by molar-refractivity contribution is -0.197. The number of hydrogen-bond donors (Lipinski definition) is 2. The number of allylic oxidation sites excluding steroid dienone is 4. The fourth-order valence-electron chi connectivity index (χ4n) is 1.98. The van der Waals surface area contributed by atoms with Crippen molar-refractivity contribution < 1.29 is 19.7 Å². The second-order valence-corrected chi connectivity index (χ2v) is 9.29. The Balaban J connectivity index is 0.000000441. The largest absolute Gasteiger partial charge is 0.512 e. The summed E-state index contributed by atoms with van der Waals surface area (Å²) in [5.74, 6) is 1.40. The molecule has 1 aliphatic carbocycles. The van der Waals surface area contributed by atoms with Gasteiger partial charge in [0.15, 0.2) is 0 Å². The summed E-state index contributed by atoms with van der Waals surface area (Å²) in [4.78, 5) is 0. The van der Waals surface area contributed by atoms with Gasteiger partial charge in [0, 0.05) is 12.8 Å². The summed E-state index contributed by atoms with van der Waals surface area (Å²) >= 11 is 0. The van der Waals surface area contributed by atoms with Crippen LogP contribution in [0.4, 0.5) is 0 Å². The highest BCUT2D eigenvalue weighted by Crippen LogP contribution is 2.29. The zero-order valence-corrected chi connectivity index (χ0v) is 17.3. The molecule has 0 aromatic rings. The molecule has 0 atom stereocenters. The van der Waals surface area contributed by atoms with Crippen molar-refractivity contribution in [1.29, 1.82) is 0 Å². The van der Waals surface area contributed by atoms with Crippen LogP contribution in [0.2, 0.25) is 0 Å². The van der Waals surface area contributed by atoms with Gasteiger partial charge in [0.05, 0.1) is 28.3 Å². The first kappa shape index (κ1) is 23.0. The third kappa shape index (κ3) is 9.99. The predicted octanol–water partition coefficient (Wildman–Crippen LogP) is 5.27. The Morgan fingerprint density at radius 3 is 1.54 bits per heavy atom. The van der Waals surface area contributed by atoms with E-state index in [9.17, 15) is 5.11 Å². The molecule has 2 N–H and O–H groups in total. The maximum Gasteiger partial charge on any atom is 0.100 e. The second-order valence-electron chi connectivity index (χ2n) is 9.29. The van der Waals surface area contributed by atoms with Gasteiger partial charge >= 0.3 is 0 Å². The lowest BCUT2D eigenvalue weighted by Gasteiger charge is -2.41. The second kappa shape index (κ2) is 7.92. The molecule has 0 saturated carbocycles. The van der Waals surface area contributed by atoms with E-state index in [2.05, 4.69) is 0 Å². The van der Waals surface area contributed by atoms with Crippen LogP contribution >= 0.6 is 0 Å². The van der Waals surface area contributed by atoms with E-state index in [4.69, 9.17) is 14.6 Å². The van der Waals surface area contributed by atoms with Crippen molar-refractivity contribution in [3.8, 4) is 0 Å². The van der Waals surface area contributed by atoms with E-state index >= 15 is 0 Å². The van der Waals surface area contributed by atoms with Gasteiger partial charge in [-0.1, -0.05) is 0 Å². The molecule has 0 radical (unpaired) electrons. The highest BCUT2D eigenvalue weighted by molar-refractivity contribution is 5.16. The van der Waals surface area contributed by atoms with Crippen molar-refractivity contribution in [2.24, 2.45) is 0 Å². The molecule has 0 amide bonds. The molecule has 4 heteroatoms. The molecule has 1 rings (SSSR count). The van der Waals surface area contributed by atoms with E-state index in [0.29, 0.717) is 12.2 Å². The SMILES string of the molecule is CC(C)(C)OC(C)(C)C(C)(C)O.CC(C)(C)OC1=CC=C(O)CC1. The minimum absolute atomic E-state index is 0.132. The molecular formula is C20H38O4. The fraction of sp³-hybridized carbons (Fsp3) is 0.800. The molecule has 0 saturated heterocycles. The number of ether oxygens (including phenoxy) is 2. The van der Waals surface area contributed by atoms with Crippen LogP contribution in [0.5, 0.6) is 0 Å². The summed E-state index contributed by atoms with van der Waals surface area (Å²) in [7, 11) is 0. The van der Waals surface area contributed by atoms with Crippen LogP contribution < -0.4 is 0 Å². The van der Waals surface area contributed by atoms with Gasteiger partial charge in [0.25, 0.3) is 0 Å². The Labute approximate surface area is 148 Å². The topological polar surface area (TPSA) is 58.9 Å². The number of aliphatic hydroxyl groups excluding tert-OH is 1. The number of aliphatic hydroxyl groups is 2. The summed E-state index contributed by atoms with van der Waals surface area (Å²) in [5.41, 5.74) is -1.69. The van der Waals surface area contributed by atoms with Crippen LogP contribution in [0, 0.1) is 0 Å². The summed E-state index contributed by atoms with van der Waals surface area (Å²) in [6.07, 6.45) is 5.04. The molecule has 24 heavy (non-hydrogen) atoms. The zero-order chi connectivity index (χ0) is 19.4. The van der Waals surface area contributed by atoms with Crippen LogP contribution in [0.1, 0.15) is 82.1 Å². The van der Waals surface area contributed by atoms with E-state index in [-0.39, 0.29) is 11.2 Å². The third-order valence-electron chi connectivity index (χ3n) is 3.56. The van der Waals surface area contributed by atoms with Gasteiger partial charge in [0.1, 0.15) is 5.60 Å². The summed E-state index contributed by atoms with van der Waals surface area (Å²) in [5, 5.41) is 18.9. The molecule has 0 fully saturated rings. The Bertz CT molecular complexity index is 452. The van der Waals surface area contributed by atoms with Gasteiger partial charge < -0.3 is 19.7 Å². The van der Waals surface area contributed by atoms with E-state index < -0.39 is 11.2 Å². The molecule has 142 valence electrons. The Morgan fingerprint density at radius 2 is 1.29 bits per heavy atom. The third-order valence-corrected chi connectivity index (χ3v) is 3.56. The first-order valence-corrected chi connectivity index (χ1v) is 8.63. The Morgan fingerprint density at radius 1 is 0.792 bits per heavy atom. The van der Waals surface area contributed by atoms with E-state index in [1.165, 1.54) is 0 Å². The first-order valence-electron chi connectivity index (χ1n) is 8.63. The summed E-state index contributed by atoms with van der Waals surface area (Å²) in [6.45, 7) is 19.3.